The number of hydrogen-bond donors (Lipinski definition) is 0. The second-order valence-corrected chi connectivity index (χ2v) is 8.72. The van der Waals surface area contributed by atoms with E-state index in [2.05, 4.69) is 21.3 Å². The van der Waals surface area contributed by atoms with Crippen molar-refractivity contribution >= 4 is 27.9 Å². The number of rotatable bonds is 6. The molecule has 7 heteroatoms. The van der Waals surface area contributed by atoms with Gasteiger partial charge < -0.3 is 28.1 Å². The molecule has 1 aliphatic heterocycles. The molecule has 0 amide bonds. The minimum absolute atomic E-state index is 0.214. The summed E-state index contributed by atoms with van der Waals surface area (Å²) in [6, 6.07) is 21.9. The van der Waals surface area contributed by atoms with Crippen LogP contribution in [0.5, 0.6) is 17.2 Å². The highest BCUT2D eigenvalue weighted by Gasteiger charge is 2.29. The maximum atomic E-state index is 13.6. The number of para-hydroxylation sites is 1. The van der Waals surface area contributed by atoms with E-state index in [1.54, 1.807) is 7.11 Å². The molecule has 3 heterocycles. The molecular formula is C29H26N2O5. The first-order valence-corrected chi connectivity index (χ1v) is 11.9. The molecular weight excluding hydrogens is 456 g/mol. The molecule has 0 saturated carbocycles. The molecule has 0 N–H and O–H groups in total. The van der Waals surface area contributed by atoms with Gasteiger partial charge in [0.2, 0.25) is 6.79 Å². The molecule has 6 rings (SSSR count). The van der Waals surface area contributed by atoms with Crippen LogP contribution < -0.4 is 14.2 Å². The van der Waals surface area contributed by atoms with Crippen molar-refractivity contribution < 1.29 is 23.7 Å². The van der Waals surface area contributed by atoms with E-state index < -0.39 is 0 Å². The molecule has 3 aromatic carbocycles. The van der Waals surface area contributed by atoms with E-state index in [1.165, 1.54) is 0 Å². The molecule has 2 aromatic heterocycles. The number of esters is 1. The first-order valence-electron chi connectivity index (χ1n) is 11.9. The normalized spacial score (nSPS) is 12.4. The molecule has 0 fully saturated rings. The SMILES string of the molecule is CCOC(=O)c1c(-c2ccc(OC)cc2)c2c(c3ccccc3n2C)n1Cc1ccc2c(c1)OCO2. The monoisotopic (exact) mass is 482 g/mol. The minimum Gasteiger partial charge on any atom is -0.497 e. The molecule has 0 atom stereocenters. The Morgan fingerprint density at radius 2 is 1.75 bits per heavy atom. The van der Waals surface area contributed by atoms with Gasteiger partial charge in [0, 0.05) is 24.5 Å². The lowest BCUT2D eigenvalue weighted by molar-refractivity contribution is 0.0516. The maximum absolute atomic E-state index is 13.6. The third-order valence-electron chi connectivity index (χ3n) is 6.72. The maximum Gasteiger partial charge on any atom is 0.355 e. The Labute approximate surface area is 208 Å². The smallest absolute Gasteiger partial charge is 0.355 e. The number of benzene rings is 3. The highest BCUT2D eigenvalue weighted by atomic mass is 16.7. The lowest BCUT2D eigenvalue weighted by Gasteiger charge is -2.13. The third kappa shape index (κ3) is 3.39. The number of hydrogen-bond acceptors (Lipinski definition) is 5. The molecule has 0 saturated heterocycles. The van der Waals surface area contributed by atoms with E-state index in [0.717, 1.165) is 50.1 Å². The van der Waals surface area contributed by atoms with Crippen LogP contribution in [0.15, 0.2) is 66.7 Å². The Morgan fingerprint density at radius 1 is 0.972 bits per heavy atom. The average molecular weight is 483 g/mol. The highest BCUT2D eigenvalue weighted by Crippen LogP contribution is 2.42. The van der Waals surface area contributed by atoms with Gasteiger partial charge >= 0.3 is 5.97 Å². The summed E-state index contributed by atoms with van der Waals surface area (Å²) in [5.74, 6) is 1.84. The number of fused-ring (bicyclic) bond motifs is 4. The molecule has 0 spiro atoms. The zero-order chi connectivity index (χ0) is 24.8. The van der Waals surface area contributed by atoms with Crippen LogP contribution in [0.4, 0.5) is 0 Å². The van der Waals surface area contributed by atoms with E-state index in [9.17, 15) is 4.79 Å². The number of nitrogens with zero attached hydrogens (tertiary/aromatic N) is 2. The van der Waals surface area contributed by atoms with Crippen molar-refractivity contribution in [3.05, 3.63) is 78.0 Å². The summed E-state index contributed by atoms with van der Waals surface area (Å²) in [7, 11) is 3.68. The van der Waals surface area contributed by atoms with Crippen molar-refractivity contribution in [2.75, 3.05) is 20.5 Å². The van der Waals surface area contributed by atoms with Crippen molar-refractivity contribution in [2.45, 2.75) is 13.5 Å². The van der Waals surface area contributed by atoms with Gasteiger partial charge in [-0.3, -0.25) is 0 Å². The minimum atomic E-state index is -0.357. The molecule has 0 bridgehead atoms. The van der Waals surface area contributed by atoms with Gasteiger partial charge in [0.15, 0.2) is 11.5 Å². The zero-order valence-electron chi connectivity index (χ0n) is 20.4. The van der Waals surface area contributed by atoms with Crippen LogP contribution in [0.25, 0.3) is 33.1 Å². The Hall–Kier alpha value is -4.39. The van der Waals surface area contributed by atoms with Gasteiger partial charge in [0.25, 0.3) is 0 Å². The topological polar surface area (TPSA) is 63.9 Å². The zero-order valence-corrected chi connectivity index (χ0v) is 20.4. The average Bonchev–Trinajstić information content (AvgIpc) is 3.58. The summed E-state index contributed by atoms with van der Waals surface area (Å²) >= 11 is 0. The van der Waals surface area contributed by atoms with Gasteiger partial charge in [-0.15, -0.1) is 0 Å². The number of ether oxygens (including phenoxy) is 4. The summed E-state index contributed by atoms with van der Waals surface area (Å²) in [6.07, 6.45) is 0. The van der Waals surface area contributed by atoms with Crippen LogP contribution in [-0.2, 0) is 18.3 Å². The summed E-state index contributed by atoms with van der Waals surface area (Å²) in [5.41, 5.74) is 6.32. The van der Waals surface area contributed by atoms with Crippen molar-refractivity contribution in [1.82, 2.24) is 9.13 Å². The van der Waals surface area contributed by atoms with Gasteiger partial charge in [-0.2, -0.15) is 0 Å². The van der Waals surface area contributed by atoms with E-state index in [4.69, 9.17) is 18.9 Å². The largest absolute Gasteiger partial charge is 0.497 e. The van der Waals surface area contributed by atoms with E-state index in [1.807, 2.05) is 68.6 Å². The molecule has 36 heavy (non-hydrogen) atoms. The Balaban J connectivity index is 1.67. The quantitative estimate of drug-likeness (QED) is 0.288. The highest BCUT2D eigenvalue weighted by molar-refractivity contribution is 6.17. The van der Waals surface area contributed by atoms with Crippen LogP contribution in [-0.4, -0.2) is 35.6 Å². The first-order chi connectivity index (χ1) is 17.6. The van der Waals surface area contributed by atoms with Gasteiger partial charge in [0.1, 0.15) is 11.4 Å². The summed E-state index contributed by atoms with van der Waals surface area (Å²) < 4.78 is 26.3. The van der Waals surface area contributed by atoms with Crippen LogP contribution >= 0.6 is 0 Å². The van der Waals surface area contributed by atoms with Crippen molar-refractivity contribution in [1.29, 1.82) is 0 Å². The molecule has 5 aromatic rings. The molecule has 0 radical (unpaired) electrons. The summed E-state index contributed by atoms with van der Waals surface area (Å²) in [4.78, 5) is 13.6. The fraction of sp³-hybridized carbons (Fsp3) is 0.207. The number of aromatic nitrogens is 2. The first kappa shape index (κ1) is 22.1. The Morgan fingerprint density at radius 3 is 2.53 bits per heavy atom. The number of carbonyl (C=O) groups excluding carboxylic acids is 1. The fourth-order valence-corrected chi connectivity index (χ4v) is 5.11. The van der Waals surface area contributed by atoms with Crippen molar-refractivity contribution in [3.63, 3.8) is 0 Å². The standard InChI is InChI=1S/C29H26N2O5/c1-4-34-29(32)28-25(19-10-12-20(33-3)13-11-19)27-26(21-7-5-6-8-22(21)30(27)2)31(28)16-18-9-14-23-24(15-18)36-17-35-23/h5-15H,4,16-17H2,1-3H3. The Kier molecular flexibility index (Phi) is 5.33. The molecule has 0 unspecified atom stereocenters. The number of methoxy groups -OCH3 is 1. The lowest BCUT2D eigenvalue weighted by Crippen LogP contribution is -2.14. The summed E-state index contributed by atoms with van der Waals surface area (Å²) in [6.45, 7) is 2.79. The Bertz CT molecular complexity index is 1610. The van der Waals surface area contributed by atoms with E-state index >= 15 is 0 Å². The van der Waals surface area contributed by atoms with Gasteiger partial charge in [0.05, 0.1) is 30.3 Å². The summed E-state index contributed by atoms with van der Waals surface area (Å²) in [5, 5.41) is 1.07. The van der Waals surface area contributed by atoms with E-state index in [0.29, 0.717) is 18.0 Å². The van der Waals surface area contributed by atoms with Gasteiger partial charge in [-0.25, -0.2) is 4.79 Å². The predicted octanol–water partition coefficient (Wildman–Crippen LogP) is 5.76. The lowest BCUT2D eigenvalue weighted by atomic mass is 10.0. The van der Waals surface area contributed by atoms with Crippen LogP contribution in [0.1, 0.15) is 23.0 Å². The van der Waals surface area contributed by atoms with Crippen LogP contribution in [0.3, 0.4) is 0 Å². The van der Waals surface area contributed by atoms with Crippen molar-refractivity contribution in [2.24, 2.45) is 7.05 Å². The number of aryl methyl sites for hydroxylation is 1. The molecule has 7 nitrogen and oxygen atoms in total. The van der Waals surface area contributed by atoms with Gasteiger partial charge in [-0.05, 0) is 48.4 Å². The second-order valence-electron chi connectivity index (χ2n) is 8.72. The van der Waals surface area contributed by atoms with Crippen LogP contribution in [0, 0.1) is 0 Å². The third-order valence-corrected chi connectivity index (χ3v) is 6.72. The molecule has 182 valence electrons. The van der Waals surface area contributed by atoms with E-state index in [-0.39, 0.29) is 19.4 Å². The molecule has 0 aliphatic carbocycles. The number of carbonyl (C=O) groups is 1. The fourth-order valence-electron chi connectivity index (χ4n) is 5.11. The molecule has 1 aliphatic rings. The second kappa shape index (κ2) is 8.68. The van der Waals surface area contributed by atoms with Crippen molar-refractivity contribution in [3.8, 4) is 28.4 Å². The van der Waals surface area contributed by atoms with Crippen LogP contribution in [0.2, 0.25) is 0 Å². The van der Waals surface area contributed by atoms with Gasteiger partial charge in [-0.1, -0.05) is 36.4 Å². The predicted molar refractivity (Wildman–Crippen MR) is 138 cm³/mol.